The molecule has 0 aliphatic heterocycles. The molecule has 5 aromatic rings. The van der Waals surface area contributed by atoms with E-state index >= 15 is 0 Å². The first kappa shape index (κ1) is 18.4. The van der Waals surface area contributed by atoms with E-state index in [4.69, 9.17) is 9.15 Å². The molecule has 0 saturated carbocycles. The molecule has 3 aromatic carbocycles. The summed E-state index contributed by atoms with van der Waals surface area (Å²) < 4.78 is 11.1. The Labute approximate surface area is 176 Å². The van der Waals surface area contributed by atoms with Gasteiger partial charge in [0.05, 0.1) is 13.5 Å². The van der Waals surface area contributed by atoms with Crippen molar-refractivity contribution in [1.82, 2.24) is 4.98 Å². The topological polar surface area (TPSA) is 64.4 Å². The van der Waals surface area contributed by atoms with E-state index < -0.39 is 0 Å². The van der Waals surface area contributed by atoms with Crippen LogP contribution in [0.15, 0.2) is 76.5 Å². The summed E-state index contributed by atoms with van der Waals surface area (Å²) in [6.07, 6.45) is 0.296. The van der Waals surface area contributed by atoms with Crippen LogP contribution in [0.2, 0.25) is 0 Å². The summed E-state index contributed by atoms with van der Waals surface area (Å²) in [6.45, 7) is 0. The van der Waals surface area contributed by atoms with E-state index in [9.17, 15) is 4.79 Å². The van der Waals surface area contributed by atoms with Crippen molar-refractivity contribution >= 4 is 44.1 Å². The Kier molecular flexibility index (Phi) is 4.69. The standard InChI is InChI=1S/C24H18N2O3S/c1-28-19-9-8-18-12-22(29-21(18)13-19)20-14-30-24(25-20)26-23(27)11-15-6-7-16-4-2-3-5-17(16)10-15/h2-10,12-14H,11H2,1H3,(H,25,26,27). The number of carbonyl (C=O) groups excluding carboxylic acids is 1. The average molecular weight is 414 g/mol. The molecule has 0 spiro atoms. The number of hydrogen-bond acceptors (Lipinski definition) is 5. The lowest BCUT2D eigenvalue weighted by molar-refractivity contribution is -0.115. The number of ether oxygens (including phenoxy) is 1. The SMILES string of the molecule is COc1ccc2cc(-c3csc(NC(=O)Cc4ccc5ccccc5c4)n3)oc2c1. The lowest BCUT2D eigenvalue weighted by Gasteiger charge is -2.04. The zero-order valence-electron chi connectivity index (χ0n) is 16.2. The number of benzene rings is 3. The predicted octanol–water partition coefficient (Wildman–Crippen LogP) is 5.90. The van der Waals surface area contributed by atoms with Crippen LogP contribution in [0.4, 0.5) is 5.13 Å². The summed E-state index contributed by atoms with van der Waals surface area (Å²) in [5, 5.41) is 8.57. The number of methoxy groups -OCH3 is 1. The van der Waals surface area contributed by atoms with Gasteiger partial charge in [-0.05, 0) is 34.5 Å². The van der Waals surface area contributed by atoms with Gasteiger partial charge in [0.2, 0.25) is 5.91 Å². The van der Waals surface area contributed by atoms with E-state index in [2.05, 4.69) is 16.4 Å². The van der Waals surface area contributed by atoms with Gasteiger partial charge in [0.1, 0.15) is 17.0 Å². The van der Waals surface area contributed by atoms with Gasteiger partial charge in [-0.15, -0.1) is 11.3 Å². The van der Waals surface area contributed by atoms with E-state index in [-0.39, 0.29) is 5.91 Å². The van der Waals surface area contributed by atoms with Crippen molar-refractivity contribution in [2.45, 2.75) is 6.42 Å². The Bertz CT molecular complexity index is 1370. The molecule has 148 valence electrons. The number of thiazole rings is 1. The average Bonchev–Trinajstić information content (AvgIpc) is 3.39. The first-order chi connectivity index (χ1) is 14.7. The number of nitrogens with one attached hydrogen (secondary N) is 1. The van der Waals surface area contributed by atoms with Crippen molar-refractivity contribution < 1.29 is 13.9 Å². The highest BCUT2D eigenvalue weighted by Crippen LogP contribution is 2.32. The van der Waals surface area contributed by atoms with Crippen LogP contribution in [0, 0.1) is 0 Å². The maximum atomic E-state index is 12.5. The van der Waals surface area contributed by atoms with Crippen molar-refractivity contribution in [3.63, 3.8) is 0 Å². The van der Waals surface area contributed by atoms with Gasteiger partial charge >= 0.3 is 0 Å². The maximum absolute atomic E-state index is 12.5. The van der Waals surface area contributed by atoms with Crippen LogP contribution >= 0.6 is 11.3 Å². The molecule has 30 heavy (non-hydrogen) atoms. The molecule has 0 radical (unpaired) electrons. The third-order valence-electron chi connectivity index (χ3n) is 4.91. The third-order valence-corrected chi connectivity index (χ3v) is 5.67. The van der Waals surface area contributed by atoms with Crippen LogP contribution in [0.25, 0.3) is 33.2 Å². The van der Waals surface area contributed by atoms with Crippen LogP contribution in [-0.2, 0) is 11.2 Å². The quantitative estimate of drug-likeness (QED) is 0.389. The molecule has 6 heteroatoms. The van der Waals surface area contributed by atoms with Crippen LogP contribution in [0.1, 0.15) is 5.56 Å². The maximum Gasteiger partial charge on any atom is 0.230 e. The Hall–Kier alpha value is -3.64. The molecule has 2 heterocycles. The number of fused-ring (bicyclic) bond motifs is 2. The van der Waals surface area contributed by atoms with Gasteiger partial charge in [0, 0.05) is 16.8 Å². The summed E-state index contributed by atoms with van der Waals surface area (Å²) in [5.41, 5.74) is 2.39. The summed E-state index contributed by atoms with van der Waals surface area (Å²) in [4.78, 5) is 17.0. The van der Waals surface area contributed by atoms with Gasteiger partial charge in [0.15, 0.2) is 10.9 Å². The Morgan fingerprint density at radius 3 is 2.73 bits per heavy atom. The summed E-state index contributed by atoms with van der Waals surface area (Å²) in [6, 6.07) is 21.8. The highest BCUT2D eigenvalue weighted by atomic mass is 32.1. The Morgan fingerprint density at radius 1 is 1.03 bits per heavy atom. The molecule has 0 unspecified atom stereocenters. The fraction of sp³-hybridized carbons (Fsp3) is 0.0833. The van der Waals surface area contributed by atoms with E-state index in [1.807, 2.05) is 66.0 Å². The first-order valence-corrected chi connectivity index (χ1v) is 10.4. The number of anilines is 1. The molecule has 0 saturated heterocycles. The lowest BCUT2D eigenvalue weighted by atomic mass is 10.1. The molecular formula is C24H18N2O3S. The second-order valence-electron chi connectivity index (χ2n) is 6.96. The zero-order valence-corrected chi connectivity index (χ0v) is 17.0. The van der Waals surface area contributed by atoms with E-state index in [1.165, 1.54) is 11.3 Å². The number of nitrogens with zero attached hydrogens (tertiary/aromatic N) is 1. The monoisotopic (exact) mass is 414 g/mol. The fourth-order valence-corrected chi connectivity index (χ4v) is 4.12. The van der Waals surface area contributed by atoms with Gasteiger partial charge in [-0.2, -0.15) is 0 Å². The minimum Gasteiger partial charge on any atom is -0.497 e. The van der Waals surface area contributed by atoms with Crippen LogP contribution in [-0.4, -0.2) is 18.0 Å². The van der Waals surface area contributed by atoms with Crippen molar-refractivity contribution in [2.24, 2.45) is 0 Å². The highest BCUT2D eigenvalue weighted by Gasteiger charge is 2.13. The van der Waals surface area contributed by atoms with Gasteiger partial charge in [-0.3, -0.25) is 4.79 Å². The minimum absolute atomic E-state index is 0.0967. The number of aromatic nitrogens is 1. The smallest absolute Gasteiger partial charge is 0.230 e. The second kappa shape index (κ2) is 7.65. The predicted molar refractivity (Wildman–Crippen MR) is 120 cm³/mol. The molecule has 0 atom stereocenters. The molecule has 1 amide bonds. The van der Waals surface area contributed by atoms with Crippen molar-refractivity contribution in [3.8, 4) is 17.2 Å². The summed E-state index contributed by atoms with van der Waals surface area (Å²) in [7, 11) is 1.62. The number of hydrogen-bond donors (Lipinski definition) is 1. The summed E-state index contributed by atoms with van der Waals surface area (Å²) in [5.74, 6) is 1.30. The van der Waals surface area contributed by atoms with Gasteiger partial charge in [0.25, 0.3) is 0 Å². The molecule has 5 nitrogen and oxygen atoms in total. The van der Waals surface area contributed by atoms with Gasteiger partial charge in [-0.25, -0.2) is 4.98 Å². The van der Waals surface area contributed by atoms with E-state index in [0.717, 1.165) is 33.1 Å². The van der Waals surface area contributed by atoms with Crippen molar-refractivity contribution in [3.05, 3.63) is 77.7 Å². The molecule has 5 rings (SSSR count). The zero-order chi connectivity index (χ0) is 20.5. The number of amides is 1. The molecule has 0 fully saturated rings. The van der Waals surface area contributed by atoms with E-state index in [0.29, 0.717) is 23.0 Å². The fourth-order valence-electron chi connectivity index (χ4n) is 3.41. The molecule has 2 aromatic heterocycles. The molecule has 0 bridgehead atoms. The van der Waals surface area contributed by atoms with Crippen LogP contribution in [0.3, 0.4) is 0 Å². The Balaban J connectivity index is 1.30. The Morgan fingerprint density at radius 2 is 1.87 bits per heavy atom. The van der Waals surface area contributed by atoms with E-state index in [1.54, 1.807) is 7.11 Å². The van der Waals surface area contributed by atoms with Gasteiger partial charge in [-0.1, -0.05) is 42.5 Å². The second-order valence-corrected chi connectivity index (χ2v) is 7.82. The highest BCUT2D eigenvalue weighted by molar-refractivity contribution is 7.14. The van der Waals surface area contributed by atoms with Crippen molar-refractivity contribution in [2.75, 3.05) is 12.4 Å². The van der Waals surface area contributed by atoms with Crippen LogP contribution in [0.5, 0.6) is 5.75 Å². The third kappa shape index (κ3) is 3.65. The normalized spacial score (nSPS) is 11.1. The van der Waals surface area contributed by atoms with Crippen LogP contribution < -0.4 is 10.1 Å². The number of furan rings is 1. The molecule has 1 N–H and O–H groups in total. The first-order valence-electron chi connectivity index (χ1n) is 9.49. The lowest BCUT2D eigenvalue weighted by Crippen LogP contribution is -2.14. The van der Waals surface area contributed by atoms with Crippen molar-refractivity contribution in [1.29, 1.82) is 0 Å². The number of carbonyl (C=O) groups is 1. The number of rotatable bonds is 5. The molecule has 0 aliphatic rings. The van der Waals surface area contributed by atoms with Gasteiger partial charge < -0.3 is 14.5 Å². The molecule has 0 aliphatic carbocycles. The molecular weight excluding hydrogens is 396 g/mol. The summed E-state index contributed by atoms with van der Waals surface area (Å²) >= 11 is 1.38. The largest absolute Gasteiger partial charge is 0.497 e. The minimum atomic E-state index is -0.0967.